The monoisotopic (exact) mass is 253 g/mol. The van der Waals surface area contributed by atoms with Crippen LogP contribution in [-0.4, -0.2) is 40.5 Å². The smallest absolute Gasteiger partial charge is 0.119 e. The Bertz CT molecular complexity index is 331. The summed E-state index contributed by atoms with van der Waals surface area (Å²) in [5.41, 5.74) is 1.12. The zero-order valence-electron chi connectivity index (χ0n) is 11.4. The number of ether oxygens (including phenoxy) is 3. The first kappa shape index (κ1) is 15.0. The molecule has 1 rings (SSSR count). The van der Waals surface area contributed by atoms with Gasteiger partial charge < -0.3 is 19.5 Å². The molecule has 0 radical (unpaired) electrons. The number of methoxy groups -OCH3 is 2. The molecule has 4 nitrogen and oxygen atoms in total. The summed E-state index contributed by atoms with van der Waals surface area (Å²) in [6.07, 6.45) is 0.0233. The molecule has 0 amide bonds. The van der Waals surface area contributed by atoms with E-state index < -0.39 is 0 Å². The van der Waals surface area contributed by atoms with E-state index >= 15 is 0 Å². The zero-order valence-corrected chi connectivity index (χ0v) is 11.4. The zero-order chi connectivity index (χ0) is 13.2. The summed E-state index contributed by atoms with van der Waals surface area (Å²) in [5, 5.41) is 3.30. The first-order valence-corrected chi connectivity index (χ1v) is 6.27. The van der Waals surface area contributed by atoms with E-state index in [1.165, 1.54) is 0 Å². The SMILES string of the molecule is CCNCC(OCCOC)c1cccc(OC)c1. The van der Waals surface area contributed by atoms with Crippen molar-refractivity contribution in [1.82, 2.24) is 5.32 Å². The van der Waals surface area contributed by atoms with Crippen molar-refractivity contribution in [2.45, 2.75) is 13.0 Å². The normalized spacial score (nSPS) is 12.4. The Kier molecular flexibility index (Phi) is 7.41. The lowest BCUT2D eigenvalue weighted by molar-refractivity contribution is 0.0168. The van der Waals surface area contributed by atoms with Gasteiger partial charge in [0.05, 0.1) is 26.4 Å². The van der Waals surface area contributed by atoms with Crippen LogP contribution in [0.5, 0.6) is 5.75 Å². The van der Waals surface area contributed by atoms with Gasteiger partial charge in [0.15, 0.2) is 0 Å². The van der Waals surface area contributed by atoms with Gasteiger partial charge in [0.1, 0.15) is 5.75 Å². The molecule has 0 heterocycles. The van der Waals surface area contributed by atoms with Crippen molar-refractivity contribution in [3.05, 3.63) is 29.8 Å². The predicted molar refractivity (Wildman–Crippen MR) is 72.1 cm³/mol. The number of likely N-dealkylation sites (N-methyl/N-ethyl adjacent to an activating group) is 1. The van der Waals surface area contributed by atoms with Gasteiger partial charge in [-0.1, -0.05) is 19.1 Å². The minimum atomic E-state index is 0.0233. The second-order valence-corrected chi connectivity index (χ2v) is 3.94. The van der Waals surface area contributed by atoms with E-state index in [0.29, 0.717) is 13.2 Å². The van der Waals surface area contributed by atoms with Crippen LogP contribution in [0.2, 0.25) is 0 Å². The van der Waals surface area contributed by atoms with Gasteiger partial charge >= 0.3 is 0 Å². The number of hydrogen-bond donors (Lipinski definition) is 1. The molecule has 0 saturated heterocycles. The topological polar surface area (TPSA) is 39.7 Å². The molecular weight excluding hydrogens is 230 g/mol. The van der Waals surface area contributed by atoms with E-state index in [1.54, 1.807) is 14.2 Å². The van der Waals surface area contributed by atoms with Gasteiger partial charge in [-0.15, -0.1) is 0 Å². The molecule has 4 heteroatoms. The Balaban J connectivity index is 2.66. The van der Waals surface area contributed by atoms with Gasteiger partial charge in [0.25, 0.3) is 0 Å². The third-order valence-electron chi connectivity index (χ3n) is 2.65. The average molecular weight is 253 g/mol. The largest absolute Gasteiger partial charge is 0.497 e. The highest BCUT2D eigenvalue weighted by Gasteiger charge is 2.12. The molecule has 1 N–H and O–H groups in total. The first-order chi connectivity index (χ1) is 8.81. The van der Waals surface area contributed by atoms with Crippen molar-refractivity contribution in [2.75, 3.05) is 40.5 Å². The van der Waals surface area contributed by atoms with Crippen LogP contribution < -0.4 is 10.1 Å². The quantitative estimate of drug-likeness (QED) is 0.683. The van der Waals surface area contributed by atoms with E-state index in [2.05, 4.69) is 18.3 Å². The third kappa shape index (κ3) is 5.04. The van der Waals surface area contributed by atoms with Gasteiger partial charge in [-0.25, -0.2) is 0 Å². The summed E-state index contributed by atoms with van der Waals surface area (Å²) in [7, 11) is 3.35. The molecule has 18 heavy (non-hydrogen) atoms. The Morgan fingerprint density at radius 3 is 2.72 bits per heavy atom. The van der Waals surface area contributed by atoms with Crippen LogP contribution >= 0.6 is 0 Å². The molecule has 0 spiro atoms. The van der Waals surface area contributed by atoms with E-state index in [4.69, 9.17) is 14.2 Å². The minimum absolute atomic E-state index is 0.0233. The maximum Gasteiger partial charge on any atom is 0.119 e. The van der Waals surface area contributed by atoms with E-state index in [9.17, 15) is 0 Å². The number of nitrogens with one attached hydrogen (secondary N) is 1. The van der Waals surface area contributed by atoms with E-state index in [0.717, 1.165) is 24.4 Å². The Labute approximate surface area is 109 Å². The lowest BCUT2D eigenvalue weighted by atomic mass is 10.1. The number of rotatable bonds is 9. The van der Waals surface area contributed by atoms with Crippen molar-refractivity contribution in [2.24, 2.45) is 0 Å². The maximum atomic E-state index is 5.83. The van der Waals surface area contributed by atoms with Crippen LogP contribution in [0, 0.1) is 0 Å². The van der Waals surface area contributed by atoms with Gasteiger partial charge in [-0.3, -0.25) is 0 Å². The third-order valence-corrected chi connectivity index (χ3v) is 2.65. The Morgan fingerprint density at radius 2 is 2.06 bits per heavy atom. The highest BCUT2D eigenvalue weighted by molar-refractivity contribution is 5.30. The maximum absolute atomic E-state index is 5.83. The fourth-order valence-electron chi connectivity index (χ4n) is 1.66. The summed E-state index contributed by atoms with van der Waals surface area (Å²) < 4.78 is 16.1. The molecule has 102 valence electrons. The van der Waals surface area contributed by atoms with Gasteiger partial charge in [-0.05, 0) is 24.2 Å². The second kappa shape index (κ2) is 8.91. The number of hydrogen-bond acceptors (Lipinski definition) is 4. The van der Waals surface area contributed by atoms with E-state index in [1.807, 2.05) is 18.2 Å². The Hall–Kier alpha value is -1.10. The molecule has 0 aliphatic carbocycles. The molecule has 1 unspecified atom stereocenters. The van der Waals surface area contributed by atoms with Crippen LogP contribution in [0.4, 0.5) is 0 Å². The molecular formula is C14H23NO3. The molecule has 0 aromatic heterocycles. The fraction of sp³-hybridized carbons (Fsp3) is 0.571. The van der Waals surface area contributed by atoms with Crippen LogP contribution in [-0.2, 0) is 9.47 Å². The highest BCUT2D eigenvalue weighted by atomic mass is 16.5. The molecule has 0 aliphatic heterocycles. The van der Waals surface area contributed by atoms with E-state index in [-0.39, 0.29) is 6.10 Å². The standard InChI is InChI=1S/C14H23NO3/c1-4-15-11-14(18-9-8-16-2)12-6-5-7-13(10-12)17-3/h5-7,10,14-15H,4,8-9,11H2,1-3H3. The summed E-state index contributed by atoms with van der Waals surface area (Å²) in [6.45, 7) is 4.98. The second-order valence-electron chi connectivity index (χ2n) is 3.94. The Morgan fingerprint density at radius 1 is 1.22 bits per heavy atom. The predicted octanol–water partition coefficient (Wildman–Crippen LogP) is 2.01. The van der Waals surface area contributed by atoms with Crippen LogP contribution in [0.15, 0.2) is 24.3 Å². The van der Waals surface area contributed by atoms with Crippen molar-refractivity contribution >= 4 is 0 Å². The molecule has 1 aromatic carbocycles. The van der Waals surface area contributed by atoms with Crippen LogP contribution in [0.25, 0.3) is 0 Å². The molecule has 1 aromatic rings. The molecule has 1 atom stereocenters. The lowest BCUT2D eigenvalue weighted by Crippen LogP contribution is -2.24. The van der Waals surface area contributed by atoms with Crippen molar-refractivity contribution in [1.29, 1.82) is 0 Å². The van der Waals surface area contributed by atoms with Crippen molar-refractivity contribution in [3.8, 4) is 5.75 Å². The summed E-state index contributed by atoms with van der Waals surface area (Å²) >= 11 is 0. The average Bonchev–Trinajstić information content (AvgIpc) is 2.42. The van der Waals surface area contributed by atoms with Gasteiger partial charge in [0, 0.05) is 13.7 Å². The number of benzene rings is 1. The minimum Gasteiger partial charge on any atom is -0.497 e. The molecule has 0 saturated carbocycles. The van der Waals surface area contributed by atoms with Crippen LogP contribution in [0.1, 0.15) is 18.6 Å². The fourth-order valence-corrected chi connectivity index (χ4v) is 1.66. The summed E-state index contributed by atoms with van der Waals surface area (Å²) in [6, 6.07) is 7.97. The lowest BCUT2D eigenvalue weighted by Gasteiger charge is -2.19. The molecule has 0 aliphatic rings. The summed E-state index contributed by atoms with van der Waals surface area (Å²) in [5.74, 6) is 0.851. The van der Waals surface area contributed by atoms with Gasteiger partial charge in [-0.2, -0.15) is 0 Å². The van der Waals surface area contributed by atoms with Crippen molar-refractivity contribution < 1.29 is 14.2 Å². The molecule has 0 fully saturated rings. The first-order valence-electron chi connectivity index (χ1n) is 6.27. The summed E-state index contributed by atoms with van der Waals surface area (Å²) in [4.78, 5) is 0. The van der Waals surface area contributed by atoms with Gasteiger partial charge in [0.2, 0.25) is 0 Å². The van der Waals surface area contributed by atoms with Crippen molar-refractivity contribution in [3.63, 3.8) is 0 Å². The van der Waals surface area contributed by atoms with Crippen LogP contribution in [0.3, 0.4) is 0 Å². The molecule has 0 bridgehead atoms. The highest BCUT2D eigenvalue weighted by Crippen LogP contribution is 2.21.